The molecule has 0 aliphatic heterocycles. The molecule has 1 atom stereocenters. The second-order valence-corrected chi connectivity index (χ2v) is 4.43. The van der Waals surface area contributed by atoms with Crippen molar-refractivity contribution in [1.29, 1.82) is 0 Å². The molecule has 0 amide bonds. The van der Waals surface area contributed by atoms with Crippen LogP contribution in [0.2, 0.25) is 0 Å². The maximum Gasteiger partial charge on any atom is 0.304 e. The third-order valence-electron chi connectivity index (χ3n) is 0.614. The fraction of sp³-hybridized carbons (Fsp3) is 0.500. The molecule has 0 aromatic rings. The van der Waals surface area contributed by atoms with Gasteiger partial charge in [-0.2, -0.15) is 0 Å². The maximum absolute atomic E-state index is 11.4. The third kappa shape index (κ3) is 9.70. The molecule has 0 saturated heterocycles. The summed E-state index contributed by atoms with van der Waals surface area (Å²) in [6.07, 6.45) is -1.53. The van der Waals surface area contributed by atoms with Crippen LogP contribution in [0.1, 0.15) is 6.92 Å². The van der Waals surface area contributed by atoms with Gasteiger partial charge < -0.3 is 5.11 Å². The molecule has 0 aliphatic carbocycles. The lowest BCUT2D eigenvalue weighted by Gasteiger charge is -2.36. The predicted octanol–water partition coefficient (Wildman–Crippen LogP) is 3.18. The first kappa shape index (κ1) is 10.7. The first-order valence-corrected chi connectivity index (χ1v) is 4.52. The zero-order chi connectivity index (χ0) is 9.40. The van der Waals surface area contributed by atoms with Crippen molar-refractivity contribution in [3.63, 3.8) is 0 Å². The van der Waals surface area contributed by atoms with Crippen LogP contribution in [0.25, 0.3) is 0 Å². The van der Waals surface area contributed by atoms with Crippen LogP contribution in [0, 0.1) is 0 Å². The zero-order valence-electron chi connectivity index (χ0n) is 5.48. The summed E-state index contributed by atoms with van der Waals surface area (Å²) in [5.41, 5.74) is 0. The second kappa shape index (κ2) is 1.89. The Bertz CT molecular complexity index is 176. The number of hydrogen-bond donors (Lipinski definition) is 1. The van der Waals surface area contributed by atoms with E-state index in [-0.39, 0.29) is 6.08 Å². The summed E-state index contributed by atoms with van der Waals surface area (Å²) in [7, 11) is -9.44. The largest absolute Gasteiger partial charge is 0.389 e. The van der Waals surface area contributed by atoms with Gasteiger partial charge in [0.2, 0.25) is 0 Å². The molecule has 0 aromatic heterocycles. The van der Waals surface area contributed by atoms with Crippen LogP contribution in [0.3, 0.4) is 0 Å². The van der Waals surface area contributed by atoms with Crippen LogP contribution in [-0.2, 0) is 0 Å². The van der Waals surface area contributed by atoms with Crippen LogP contribution in [0.4, 0.5) is 19.4 Å². The maximum atomic E-state index is 11.4. The summed E-state index contributed by atoms with van der Waals surface area (Å²) in [6, 6.07) is 0. The molecule has 0 aromatic carbocycles. The van der Waals surface area contributed by atoms with Crippen LogP contribution >= 0.6 is 10.2 Å². The Morgan fingerprint density at radius 2 is 1.55 bits per heavy atom. The van der Waals surface area contributed by atoms with Crippen molar-refractivity contribution >= 4 is 10.2 Å². The lowest BCUT2D eigenvalue weighted by atomic mass is 10.4. The Morgan fingerprint density at radius 1 is 1.18 bits per heavy atom. The Morgan fingerprint density at radius 3 is 1.64 bits per heavy atom. The van der Waals surface area contributed by atoms with Gasteiger partial charge in [-0.05, 0) is 13.0 Å². The van der Waals surface area contributed by atoms with E-state index in [1.165, 1.54) is 0 Å². The second-order valence-electron chi connectivity index (χ2n) is 2.10. The van der Waals surface area contributed by atoms with Crippen molar-refractivity contribution in [2.75, 3.05) is 0 Å². The molecule has 0 fully saturated rings. The van der Waals surface area contributed by atoms with Crippen LogP contribution in [0.15, 0.2) is 11.5 Å². The summed E-state index contributed by atoms with van der Waals surface area (Å²) in [4.78, 5) is 0. The first-order chi connectivity index (χ1) is 4.39. The smallest absolute Gasteiger partial charge is 0.304 e. The Balaban J connectivity index is 4.64. The van der Waals surface area contributed by atoms with Crippen LogP contribution in [0.5, 0.6) is 0 Å². The van der Waals surface area contributed by atoms with E-state index in [1.54, 1.807) is 0 Å². The van der Waals surface area contributed by atoms with Gasteiger partial charge in [-0.3, -0.25) is 0 Å². The molecular weight excluding hydrogens is 191 g/mol. The molecule has 1 nitrogen and oxygen atoms in total. The molecule has 0 bridgehead atoms. The molecule has 0 rings (SSSR count). The molecular formula is C4H7F5OS. The van der Waals surface area contributed by atoms with Gasteiger partial charge in [0.1, 0.15) is 0 Å². The number of hydrogen-bond acceptors (Lipinski definition) is 1. The normalized spacial score (nSPS) is 22.8. The lowest BCUT2D eigenvalue weighted by molar-refractivity contribution is 0.243. The Labute approximate surface area is 60.2 Å². The summed E-state index contributed by atoms with van der Waals surface area (Å²) in [5.74, 6) is 0. The minimum absolute atomic E-state index is 0.00154. The number of aliphatic hydroxyl groups is 1. The SMILES string of the molecule is CC(O)/C=C/S(F)(F)(F)(F)F. The van der Waals surface area contributed by atoms with E-state index in [2.05, 4.69) is 0 Å². The molecule has 0 aliphatic rings. The van der Waals surface area contributed by atoms with Gasteiger partial charge in [-0.25, -0.2) is 0 Å². The highest BCUT2D eigenvalue weighted by atomic mass is 32.5. The minimum Gasteiger partial charge on any atom is -0.389 e. The van der Waals surface area contributed by atoms with Crippen molar-refractivity contribution in [3.05, 3.63) is 11.5 Å². The highest BCUT2D eigenvalue weighted by molar-refractivity contribution is 8.48. The average molecular weight is 198 g/mol. The fourth-order valence-electron chi connectivity index (χ4n) is 0.262. The van der Waals surface area contributed by atoms with Crippen molar-refractivity contribution in [3.8, 4) is 0 Å². The molecule has 70 valence electrons. The highest BCUT2D eigenvalue weighted by Gasteiger charge is 2.60. The van der Waals surface area contributed by atoms with Gasteiger partial charge >= 0.3 is 10.2 Å². The molecule has 1 unspecified atom stereocenters. The molecule has 0 saturated carbocycles. The molecule has 1 N–H and O–H groups in total. The lowest BCUT2D eigenvalue weighted by Crippen LogP contribution is -2.02. The molecule has 11 heavy (non-hydrogen) atoms. The average Bonchev–Trinajstić information content (AvgIpc) is 1.56. The van der Waals surface area contributed by atoms with Gasteiger partial charge in [0.15, 0.2) is 0 Å². The first-order valence-electron chi connectivity index (χ1n) is 2.51. The van der Waals surface area contributed by atoms with E-state index in [4.69, 9.17) is 5.11 Å². The van der Waals surface area contributed by atoms with E-state index < -0.39 is 21.7 Å². The summed E-state index contributed by atoms with van der Waals surface area (Å²) >= 11 is 0. The van der Waals surface area contributed by atoms with E-state index in [1.807, 2.05) is 0 Å². The van der Waals surface area contributed by atoms with E-state index >= 15 is 0 Å². The standard InChI is InChI=1S/C4H7F5OS/c1-4(10)2-3-11(5,6,7,8)9/h2-4,10H,1H3/b3-2+. The molecule has 0 radical (unpaired) electrons. The zero-order valence-corrected chi connectivity index (χ0v) is 6.29. The Kier molecular flexibility index (Phi) is 1.84. The predicted molar refractivity (Wildman–Crippen MR) is 34.0 cm³/mol. The van der Waals surface area contributed by atoms with Gasteiger partial charge in [0.05, 0.1) is 11.5 Å². The van der Waals surface area contributed by atoms with Crippen molar-refractivity contribution in [2.45, 2.75) is 13.0 Å². The molecule has 7 heteroatoms. The van der Waals surface area contributed by atoms with Crippen molar-refractivity contribution < 1.29 is 24.5 Å². The van der Waals surface area contributed by atoms with Crippen LogP contribution < -0.4 is 0 Å². The van der Waals surface area contributed by atoms with Crippen molar-refractivity contribution in [1.82, 2.24) is 0 Å². The number of rotatable bonds is 2. The fourth-order valence-corrected chi connectivity index (χ4v) is 0.787. The monoisotopic (exact) mass is 198 g/mol. The Hall–Kier alpha value is -0.300. The summed E-state index contributed by atoms with van der Waals surface area (Å²) < 4.78 is 56.9. The molecule has 0 spiro atoms. The topological polar surface area (TPSA) is 20.2 Å². The van der Waals surface area contributed by atoms with E-state index in [0.29, 0.717) is 0 Å². The van der Waals surface area contributed by atoms with Gasteiger partial charge in [-0.15, -0.1) is 0 Å². The number of halogens is 5. The summed E-state index contributed by atoms with van der Waals surface area (Å²) in [5, 5.41) is 7.08. The van der Waals surface area contributed by atoms with Crippen molar-refractivity contribution in [2.24, 2.45) is 0 Å². The third-order valence-corrected chi connectivity index (χ3v) is 1.29. The summed E-state index contributed by atoms with van der Waals surface area (Å²) in [6.45, 7) is 0.944. The van der Waals surface area contributed by atoms with E-state index in [9.17, 15) is 19.4 Å². The molecule has 0 heterocycles. The van der Waals surface area contributed by atoms with E-state index in [0.717, 1.165) is 6.92 Å². The van der Waals surface area contributed by atoms with Crippen LogP contribution in [-0.4, -0.2) is 11.2 Å². The highest BCUT2D eigenvalue weighted by Crippen LogP contribution is 2.98. The van der Waals surface area contributed by atoms with Gasteiger partial charge in [0, 0.05) is 0 Å². The number of aliphatic hydroxyl groups excluding tert-OH is 1. The quantitative estimate of drug-likeness (QED) is 0.675. The van der Waals surface area contributed by atoms with Gasteiger partial charge in [-0.1, -0.05) is 19.4 Å². The minimum atomic E-state index is -9.44. The van der Waals surface area contributed by atoms with Gasteiger partial charge in [0.25, 0.3) is 0 Å².